The van der Waals surface area contributed by atoms with Gasteiger partial charge in [-0.1, -0.05) is 86.7 Å². The molecule has 160 valence electrons. The maximum atomic E-state index is 11.1. The molecule has 1 heterocycles. The van der Waals surface area contributed by atoms with E-state index in [0.29, 0.717) is 12.5 Å². The molecule has 0 saturated carbocycles. The number of unbranched alkanes of at least 4 members (excludes halogenated alkanes) is 4. The van der Waals surface area contributed by atoms with E-state index in [1.165, 1.54) is 19.3 Å². The second-order valence-electron chi connectivity index (χ2n) is 7.63. The summed E-state index contributed by atoms with van der Waals surface area (Å²) in [7, 11) is 0. The number of nitrogens with zero attached hydrogens (tertiary/aromatic N) is 3. The zero-order chi connectivity index (χ0) is 21.2. The lowest BCUT2D eigenvalue weighted by Crippen LogP contribution is -2.18. The van der Waals surface area contributed by atoms with Crippen LogP contribution < -0.4 is 0 Å². The van der Waals surface area contributed by atoms with Crippen molar-refractivity contribution in [2.24, 2.45) is 0 Å². The first-order valence-corrected chi connectivity index (χ1v) is 11.1. The number of aliphatic hydroxyl groups excluding tert-OH is 1. The molecule has 3 rings (SSSR count). The predicted molar refractivity (Wildman–Crippen MR) is 122 cm³/mol. The Hall–Kier alpha value is -2.66. The summed E-state index contributed by atoms with van der Waals surface area (Å²) in [6.07, 6.45) is 8.15. The van der Waals surface area contributed by atoms with Gasteiger partial charge in [0, 0.05) is 5.92 Å². The first-order chi connectivity index (χ1) is 14.7. The van der Waals surface area contributed by atoms with E-state index in [4.69, 9.17) is 4.74 Å². The van der Waals surface area contributed by atoms with Crippen molar-refractivity contribution < 1.29 is 9.84 Å². The number of fused-ring (bicyclic) bond motifs is 1. The number of hydrogen-bond acceptors (Lipinski definition) is 4. The molecule has 3 aromatic rings. The smallest absolute Gasteiger partial charge is 0.212 e. The van der Waals surface area contributed by atoms with Gasteiger partial charge < -0.3 is 9.84 Å². The molecule has 30 heavy (non-hydrogen) atoms. The molecular formula is C25H33N3O2. The molecule has 5 nitrogen and oxygen atoms in total. The Morgan fingerprint density at radius 1 is 1.00 bits per heavy atom. The molecule has 0 aliphatic heterocycles. The predicted octanol–water partition coefficient (Wildman–Crippen LogP) is 5.77. The molecule has 0 spiro atoms. The summed E-state index contributed by atoms with van der Waals surface area (Å²) in [6.45, 7) is 4.68. The summed E-state index contributed by atoms with van der Waals surface area (Å²) in [5, 5.41) is 19.7. The van der Waals surface area contributed by atoms with Gasteiger partial charge in [0.1, 0.15) is 5.52 Å². The van der Waals surface area contributed by atoms with Gasteiger partial charge >= 0.3 is 0 Å². The van der Waals surface area contributed by atoms with E-state index in [0.717, 1.165) is 35.9 Å². The van der Waals surface area contributed by atoms with E-state index in [-0.39, 0.29) is 5.92 Å². The van der Waals surface area contributed by atoms with E-state index in [2.05, 4.69) is 29.4 Å². The molecule has 0 amide bonds. The number of aromatic nitrogens is 3. The molecule has 2 aromatic carbocycles. The highest BCUT2D eigenvalue weighted by Crippen LogP contribution is 2.28. The highest BCUT2D eigenvalue weighted by Gasteiger charge is 2.22. The van der Waals surface area contributed by atoms with Crippen molar-refractivity contribution in [1.82, 2.24) is 15.0 Å². The maximum Gasteiger partial charge on any atom is 0.212 e. The van der Waals surface area contributed by atoms with Gasteiger partial charge in [-0.3, -0.25) is 0 Å². The van der Waals surface area contributed by atoms with Crippen LogP contribution in [0.3, 0.4) is 0 Å². The number of aliphatic hydroxyl groups is 1. The van der Waals surface area contributed by atoms with Crippen molar-refractivity contribution in [3.8, 4) is 0 Å². The fourth-order valence-electron chi connectivity index (χ4n) is 3.75. The summed E-state index contributed by atoms with van der Waals surface area (Å²) in [4.78, 5) is 0. The van der Waals surface area contributed by atoms with Gasteiger partial charge in [0.05, 0.1) is 18.2 Å². The van der Waals surface area contributed by atoms with Crippen molar-refractivity contribution in [1.29, 1.82) is 0 Å². The Balaban J connectivity index is 1.89. The van der Waals surface area contributed by atoms with Crippen molar-refractivity contribution in [2.45, 2.75) is 64.4 Å². The zero-order valence-corrected chi connectivity index (χ0v) is 18.1. The summed E-state index contributed by atoms with van der Waals surface area (Å²) in [5.41, 5.74) is 2.77. The van der Waals surface area contributed by atoms with Gasteiger partial charge in [-0.15, -0.1) is 5.10 Å². The first-order valence-electron chi connectivity index (χ1n) is 11.1. The zero-order valence-electron chi connectivity index (χ0n) is 18.1. The van der Waals surface area contributed by atoms with Crippen LogP contribution in [0.5, 0.6) is 0 Å². The second kappa shape index (κ2) is 11.5. The van der Waals surface area contributed by atoms with Crippen molar-refractivity contribution >= 4 is 16.9 Å². The normalized spacial score (nSPS) is 14.0. The van der Waals surface area contributed by atoms with Crippen molar-refractivity contribution in [2.75, 3.05) is 6.61 Å². The molecule has 0 saturated heterocycles. The summed E-state index contributed by atoms with van der Waals surface area (Å²) >= 11 is 0. The van der Waals surface area contributed by atoms with Crippen LogP contribution in [-0.2, 0) is 4.74 Å². The second-order valence-corrected chi connectivity index (χ2v) is 7.63. The molecule has 1 N–H and O–H groups in total. The van der Waals surface area contributed by atoms with Gasteiger partial charge in [0.15, 0.2) is 0 Å². The molecule has 2 unspecified atom stereocenters. The standard InChI is InChI=1S/C25H33N3O2/c1-3-5-6-7-11-18-24(29)21(20-14-9-8-10-15-20)19-25(30-4-2)28-23-17-13-12-16-22(23)26-27-28/h8-10,12-17,19,21,24,29H,3-7,11,18H2,1-2H3/b25-19+. The lowest BCUT2D eigenvalue weighted by Gasteiger charge is -2.22. The molecule has 5 heteroatoms. The minimum Gasteiger partial charge on any atom is -0.478 e. The highest BCUT2D eigenvalue weighted by atomic mass is 16.5. The number of ether oxygens (including phenoxy) is 1. The number of rotatable bonds is 12. The average Bonchev–Trinajstić information content (AvgIpc) is 3.21. The van der Waals surface area contributed by atoms with Crippen LogP contribution in [0.4, 0.5) is 0 Å². The van der Waals surface area contributed by atoms with Crippen LogP contribution in [0.15, 0.2) is 60.7 Å². The Labute approximate surface area is 179 Å². The highest BCUT2D eigenvalue weighted by molar-refractivity contribution is 5.76. The Bertz CT molecular complexity index is 920. The van der Waals surface area contributed by atoms with Crippen molar-refractivity contribution in [3.05, 3.63) is 66.2 Å². The number of benzene rings is 2. The Kier molecular flexibility index (Phi) is 8.45. The SMILES string of the molecule is CCCCCCCC(O)C(/C=C(/OCC)n1nnc2ccccc21)c1ccccc1. The molecule has 0 fully saturated rings. The number of para-hydroxylation sites is 1. The number of hydrogen-bond donors (Lipinski definition) is 1. The molecule has 0 bridgehead atoms. The summed E-state index contributed by atoms with van der Waals surface area (Å²) in [6, 6.07) is 18.0. The fourth-order valence-corrected chi connectivity index (χ4v) is 3.75. The average molecular weight is 408 g/mol. The third-order valence-electron chi connectivity index (χ3n) is 5.38. The maximum absolute atomic E-state index is 11.1. The third-order valence-corrected chi connectivity index (χ3v) is 5.38. The molecule has 0 aliphatic carbocycles. The van der Waals surface area contributed by atoms with Crippen LogP contribution in [0, 0.1) is 0 Å². The van der Waals surface area contributed by atoms with Gasteiger partial charge in [0.2, 0.25) is 5.88 Å². The Morgan fingerprint density at radius 2 is 1.73 bits per heavy atom. The minimum atomic E-state index is -0.487. The molecule has 0 aliphatic rings. The van der Waals surface area contributed by atoms with Crippen molar-refractivity contribution in [3.63, 3.8) is 0 Å². The van der Waals surface area contributed by atoms with Crippen LogP contribution in [-0.4, -0.2) is 32.8 Å². The van der Waals surface area contributed by atoms with Gasteiger partial charge in [0.25, 0.3) is 0 Å². The monoisotopic (exact) mass is 407 g/mol. The van der Waals surface area contributed by atoms with Crippen LogP contribution in [0.1, 0.15) is 63.9 Å². The minimum absolute atomic E-state index is 0.179. The van der Waals surface area contributed by atoms with E-state index < -0.39 is 6.10 Å². The first kappa shape index (κ1) is 22.0. The van der Waals surface area contributed by atoms with Gasteiger partial charge in [-0.25, -0.2) is 0 Å². The largest absolute Gasteiger partial charge is 0.478 e. The third kappa shape index (κ3) is 5.70. The summed E-state index contributed by atoms with van der Waals surface area (Å²) in [5.74, 6) is 0.423. The van der Waals surface area contributed by atoms with E-state index in [1.54, 1.807) is 4.68 Å². The van der Waals surface area contributed by atoms with E-state index in [9.17, 15) is 5.11 Å². The molecule has 1 aromatic heterocycles. The van der Waals surface area contributed by atoms with E-state index >= 15 is 0 Å². The molecule has 2 atom stereocenters. The van der Waals surface area contributed by atoms with Gasteiger partial charge in [-0.05, 0) is 37.1 Å². The van der Waals surface area contributed by atoms with Crippen LogP contribution in [0.2, 0.25) is 0 Å². The summed E-state index contributed by atoms with van der Waals surface area (Å²) < 4.78 is 7.69. The quantitative estimate of drug-likeness (QED) is 0.306. The van der Waals surface area contributed by atoms with E-state index in [1.807, 2.05) is 55.5 Å². The topological polar surface area (TPSA) is 60.2 Å². The molecular weight excluding hydrogens is 374 g/mol. The lowest BCUT2D eigenvalue weighted by atomic mass is 9.90. The fraction of sp³-hybridized carbons (Fsp3) is 0.440. The Morgan fingerprint density at radius 3 is 2.50 bits per heavy atom. The molecule has 0 radical (unpaired) electrons. The lowest BCUT2D eigenvalue weighted by molar-refractivity contribution is 0.144. The van der Waals surface area contributed by atoms with Crippen LogP contribution >= 0.6 is 0 Å². The van der Waals surface area contributed by atoms with Gasteiger partial charge in [-0.2, -0.15) is 4.68 Å². The van der Waals surface area contributed by atoms with Crippen LogP contribution in [0.25, 0.3) is 16.9 Å².